The molecular formula is C14H18ClNO3S. The monoisotopic (exact) mass is 315 g/mol. The summed E-state index contributed by atoms with van der Waals surface area (Å²) in [5.74, 6) is 0.901. The molecule has 0 radical (unpaired) electrons. The van der Waals surface area contributed by atoms with Crippen molar-refractivity contribution in [2.24, 2.45) is 0 Å². The van der Waals surface area contributed by atoms with Crippen molar-refractivity contribution in [2.75, 3.05) is 19.4 Å². The zero-order valence-corrected chi connectivity index (χ0v) is 12.9. The van der Waals surface area contributed by atoms with E-state index in [-0.39, 0.29) is 11.9 Å². The van der Waals surface area contributed by atoms with Crippen molar-refractivity contribution >= 4 is 35.2 Å². The van der Waals surface area contributed by atoms with Gasteiger partial charge in [0.25, 0.3) is 0 Å². The Labute approximate surface area is 128 Å². The molecule has 1 rings (SSSR count). The van der Waals surface area contributed by atoms with Crippen LogP contribution in [0, 0.1) is 0 Å². The topological polar surface area (TPSA) is 55.4 Å². The van der Waals surface area contributed by atoms with E-state index in [4.69, 9.17) is 11.6 Å². The van der Waals surface area contributed by atoms with Crippen molar-refractivity contribution in [3.8, 4) is 0 Å². The second-order valence-electron chi connectivity index (χ2n) is 4.15. The van der Waals surface area contributed by atoms with Gasteiger partial charge in [0, 0.05) is 23.7 Å². The highest BCUT2D eigenvalue weighted by Crippen LogP contribution is 2.15. The Bertz CT molecular complexity index is 437. The maximum absolute atomic E-state index is 11.5. The lowest BCUT2D eigenvalue weighted by atomic mass is 10.2. The number of nitrogens with one attached hydrogen (secondary N) is 1. The summed E-state index contributed by atoms with van der Waals surface area (Å²) in [6.07, 6.45) is 0.926. The van der Waals surface area contributed by atoms with Gasteiger partial charge in [0.05, 0.1) is 12.9 Å². The van der Waals surface area contributed by atoms with Gasteiger partial charge < -0.3 is 10.1 Å². The molecule has 0 spiro atoms. The van der Waals surface area contributed by atoms with Gasteiger partial charge >= 0.3 is 5.97 Å². The van der Waals surface area contributed by atoms with Crippen molar-refractivity contribution in [3.63, 3.8) is 0 Å². The molecule has 0 aliphatic rings. The zero-order chi connectivity index (χ0) is 14.8. The predicted octanol–water partition coefficient (Wildman–Crippen LogP) is 2.64. The van der Waals surface area contributed by atoms with Gasteiger partial charge in [-0.2, -0.15) is 0 Å². The van der Waals surface area contributed by atoms with Crippen molar-refractivity contribution in [1.82, 2.24) is 5.32 Å². The summed E-state index contributed by atoms with van der Waals surface area (Å²) in [5, 5.41) is 3.48. The van der Waals surface area contributed by atoms with Crippen molar-refractivity contribution in [3.05, 3.63) is 34.9 Å². The number of halogens is 1. The molecule has 0 aliphatic heterocycles. The van der Waals surface area contributed by atoms with Crippen LogP contribution in [0.5, 0.6) is 0 Å². The summed E-state index contributed by atoms with van der Waals surface area (Å²) in [6.45, 7) is 0.495. The zero-order valence-electron chi connectivity index (χ0n) is 11.4. The van der Waals surface area contributed by atoms with E-state index < -0.39 is 0 Å². The number of ether oxygens (including phenoxy) is 1. The Balaban J connectivity index is 2.08. The van der Waals surface area contributed by atoms with E-state index in [0.717, 1.165) is 11.3 Å². The van der Waals surface area contributed by atoms with Crippen LogP contribution in [0.1, 0.15) is 18.4 Å². The van der Waals surface area contributed by atoms with Crippen molar-refractivity contribution in [2.45, 2.75) is 18.6 Å². The van der Waals surface area contributed by atoms with Crippen LogP contribution in [0.25, 0.3) is 0 Å². The summed E-state index contributed by atoms with van der Waals surface area (Å²) < 4.78 is 4.51. The quantitative estimate of drug-likeness (QED) is 0.592. The SMILES string of the molecule is COC(=O)CCCNC(=O)CSCc1ccc(Cl)cc1. The number of hydrogen-bond donors (Lipinski definition) is 1. The summed E-state index contributed by atoms with van der Waals surface area (Å²) in [4.78, 5) is 22.4. The van der Waals surface area contributed by atoms with E-state index in [0.29, 0.717) is 30.2 Å². The predicted molar refractivity (Wildman–Crippen MR) is 81.9 cm³/mol. The van der Waals surface area contributed by atoms with Crippen LogP contribution >= 0.6 is 23.4 Å². The van der Waals surface area contributed by atoms with E-state index in [2.05, 4.69) is 10.1 Å². The largest absolute Gasteiger partial charge is 0.469 e. The van der Waals surface area contributed by atoms with Crippen molar-refractivity contribution in [1.29, 1.82) is 0 Å². The van der Waals surface area contributed by atoms with Crippen LogP contribution in [0.4, 0.5) is 0 Å². The number of amides is 1. The third-order valence-corrected chi connectivity index (χ3v) is 3.78. The lowest BCUT2D eigenvalue weighted by molar-refractivity contribution is -0.140. The molecular weight excluding hydrogens is 298 g/mol. The first-order valence-electron chi connectivity index (χ1n) is 6.27. The standard InChI is InChI=1S/C14H18ClNO3S/c1-19-14(18)3-2-8-16-13(17)10-20-9-11-4-6-12(15)7-5-11/h4-7H,2-3,8-10H2,1H3,(H,16,17). The minimum atomic E-state index is -0.253. The van der Waals surface area contributed by atoms with Crippen LogP contribution in [0.15, 0.2) is 24.3 Å². The Morgan fingerprint density at radius 2 is 2.00 bits per heavy atom. The molecule has 1 amide bonds. The summed E-state index contributed by atoms with van der Waals surface area (Å²) >= 11 is 7.34. The van der Waals surface area contributed by atoms with Gasteiger partial charge in [0.1, 0.15) is 0 Å². The molecule has 1 N–H and O–H groups in total. The molecule has 6 heteroatoms. The highest BCUT2D eigenvalue weighted by atomic mass is 35.5. The molecule has 0 atom stereocenters. The second-order valence-corrected chi connectivity index (χ2v) is 5.57. The first-order chi connectivity index (χ1) is 9.61. The smallest absolute Gasteiger partial charge is 0.305 e. The number of hydrogen-bond acceptors (Lipinski definition) is 4. The molecule has 4 nitrogen and oxygen atoms in total. The number of carbonyl (C=O) groups excluding carboxylic acids is 2. The fourth-order valence-electron chi connectivity index (χ4n) is 1.46. The maximum atomic E-state index is 11.5. The molecule has 1 aromatic rings. The Kier molecular flexibility index (Phi) is 8.14. The second kappa shape index (κ2) is 9.66. The van der Waals surface area contributed by atoms with Crippen LogP contribution in [0.2, 0.25) is 5.02 Å². The summed E-state index contributed by atoms with van der Waals surface area (Å²) in [7, 11) is 1.36. The van der Waals surface area contributed by atoms with Crippen LogP contribution in [-0.4, -0.2) is 31.3 Å². The van der Waals surface area contributed by atoms with E-state index in [1.165, 1.54) is 7.11 Å². The van der Waals surface area contributed by atoms with Crippen LogP contribution in [0.3, 0.4) is 0 Å². The number of methoxy groups -OCH3 is 1. The number of thioether (sulfide) groups is 1. The summed E-state index contributed by atoms with van der Waals surface area (Å²) in [5.41, 5.74) is 1.14. The van der Waals surface area contributed by atoms with Gasteiger partial charge in [0.2, 0.25) is 5.91 Å². The van der Waals surface area contributed by atoms with E-state index in [1.54, 1.807) is 11.8 Å². The summed E-state index contributed by atoms with van der Waals surface area (Å²) in [6, 6.07) is 7.57. The van der Waals surface area contributed by atoms with Crippen molar-refractivity contribution < 1.29 is 14.3 Å². The maximum Gasteiger partial charge on any atom is 0.305 e. The lowest BCUT2D eigenvalue weighted by Gasteiger charge is -2.05. The third kappa shape index (κ3) is 7.40. The normalized spacial score (nSPS) is 10.1. The molecule has 1 aromatic carbocycles. The Morgan fingerprint density at radius 3 is 2.65 bits per heavy atom. The van der Waals surface area contributed by atoms with Crippen LogP contribution in [-0.2, 0) is 20.1 Å². The average molecular weight is 316 g/mol. The minimum Gasteiger partial charge on any atom is -0.469 e. The Hall–Kier alpha value is -1.20. The lowest BCUT2D eigenvalue weighted by Crippen LogP contribution is -2.26. The van der Waals surface area contributed by atoms with Gasteiger partial charge in [-0.05, 0) is 24.1 Å². The molecule has 20 heavy (non-hydrogen) atoms. The average Bonchev–Trinajstić information content (AvgIpc) is 2.45. The highest BCUT2D eigenvalue weighted by Gasteiger charge is 2.03. The molecule has 110 valence electrons. The van der Waals surface area contributed by atoms with E-state index in [1.807, 2.05) is 24.3 Å². The molecule has 0 unspecified atom stereocenters. The number of benzene rings is 1. The van der Waals surface area contributed by atoms with Crippen LogP contribution < -0.4 is 5.32 Å². The molecule has 0 heterocycles. The van der Waals surface area contributed by atoms with E-state index in [9.17, 15) is 9.59 Å². The number of esters is 1. The van der Waals surface area contributed by atoms with Gasteiger partial charge in [-0.3, -0.25) is 9.59 Å². The molecule has 0 saturated heterocycles. The Morgan fingerprint density at radius 1 is 1.30 bits per heavy atom. The molecule has 0 aliphatic carbocycles. The number of carbonyl (C=O) groups is 2. The first-order valence-corrected chi connectivity index (χ1v) is 7.81. The first kappa shape index (κ1) is 16.9. The molecule has 0 fully saturated rings. The minimum absolute atomic E-state index is 0.0196. The van der Waals surface area contributed by atoms with Gasteiger partial charge in [0.15, 0.2) is 0 Å². The number of rotatable bonds is 8. The van der Waals surface area contributed by atoms with E-state index >= 15 is 0 Å². The van der Waals surface area contributed by atoms with Gasteiger partial charge in [-0.25, -0.2) is 0 Å². The third-order valence-electron chi connectivity index (χ3n) is 2.52. The fraction of sp³-hybridized carbons (Fsp3) is 0.429. The molecule has 0 aromatic heterocycles. The fourth-order valence-corrected chi connectivity index (χ4v) is 2.40. The van der Waals surface area contributed by atoms with Gasteiger partial charge in [-0.15, -0.1) is 11.8 Å². The van der Waals surface area contributed by atoms with Gasteiger partial charge in [-0.1, -0.05) is 23.7 Å². The molecule has 0 bridgehead atoms. The highest BCUT2D eigenvalue weighted by molar-refractivity contribution is 7.99. The molecule has 0 saturated carbocycles.